The Hall–Kier alpha value is -2.54. The number of carbonyl (C=O) groups excluding carboxylic acids is 1. The third-order valence-electron chi connectivity index (χ3n) is 3.15. The highest BCUT2D eigenvalue weighted by Gasteiger charge is 2.08. The first-order chi connectivity index (χ1) is 10.6. The third-order valence-corrected chi connectivity index (χ3v) is 3.94. The topological polar surface area (TPSA) is 71.0 Å². The van der Waals surface area contributed by atoms with E-state index < -0.39 is 0 Å². The summed E-state index contributed by atoms with van der Waals surface area (Å²) >= 11 is 1.52. The maximum absolute atomic E-state index is 12.2. The summed E-state index contributed by atoms with van der Waals surface area (Å²) in [6, 6.07) is 7.29. The van der Waals surface area contributed by atoms with E-state index in [0.717, 1.165) is 16.0 Å². The maximum Gasteiger partial charge on any atom is 0.251 e. The molecule has 0 aliphatic carbocycles. The van der Waals surface area contributed by atoms with Gasteiger partial charge in [-0.2, -0.15) is 0 Å². The maximum atomic E-state index is 12.2. The highest BCUT2D eigenvalue weighted by Crippen LogP contribution is 2.19. The quantitative estimate of drug-likeness (QED) is 0.798. The SMILES string of the molecule is CN(C)c1ccnc(CNC(=O)c2ccc3ncsc3c2)n1. The predicted octanol–water partition coefficient (Wildman–Crippen LogP) is 2.08. The van der Waals surface area contributed by atoms with Crippen LogP contribution in [0.5, 0.6) is 0 Å². The highest BCUT2D eigenvalue weighted by atomic mass is 32.1. The summed E-state index contributed by atoms with van der Waals surface area (Å²) in [5, 5.41) is 2.84. The second kappa shape index (κ2) is 6.07. The molecule has 2 aromatic heterocycles. The first-order valence-electron chi connectivity index (χ1n) is 6.74. The number of nitrogens with one attached hydrogen (secondary N) is 1. The lowest BCUT2D eigenvalue weighted by atomic mass is 10.2. The Bertz CT molecular complexity index is 814. The summed E-state index contributed by atoms with van der Waals surface area (Å²) in [6.45, 7) is 0.293. The van der Waals surface area contributed by atoms with Gasteiger partial charge in [0.1, 0.15) is 11.6 Å². The monoisotopic (exact) mass is 313 g/mol. The number of benzene rings is 1. The van der Waals surface area contributed by atoms with E-state index in [2.05, 4.69) is 20.3 Å². The summed E-state index contributed by atoms with van der Waals surface area (Å²) in [7, 11) is 3.82. The number of hydrogen-bond acceptors (Lipinski definition) is 6. The average molecular weight is 313 g/mol. The minimum atomic E-state index is -0.144. The van der Waals surface area contributed by atoms with Crippen LogP contribution in [-0.4, -0.2) is 35.0 Å². The number of carbonyl (C=O) groups is 1. The fourth-order valence-electron chi connectivity index (χ4n) is 1.98. The number of rotatable bonds is 4. The van der Waals surface area contributed by atoms with Crippen molar-refractivity contribution in [3.63, 3.8) is 0 Å². The summed E-state index contributed by atoms with van der Waals surface area (Å²) in [4.78, 5) is 26.8. The molecule has 0 aliphatic rings. The number of aromatic nitrogens is 3. The van der Waals surface area contributed by atoms with Gasteiger partial charge in [0.2, 0.25) is 0 Å². The highest BCUT2D eigenvalue weighted by molar-refractivity contribution is 7.16. The molecule has 1 aromatic carbocycles. The van der Waals surface area contributed by atoms with Gasteiger partial charge in [-0.3, -0.25) is 4.79 Å². The third kappa shape index (κ3) is 3.04. The number of nitrogens with zero attached hydrogens (tertiary/aromatic N) is 4. The normalized spacial score (nSPS) is 10.6. The lowest BCUT2D eigenvalue weighted by Gasteiger charge is -2.11. The number of anilines is 1. The van der Waals surface area contributed by atoms with Crippen molar-refractivity contribution in [2.45, 2.75) is 6.54 Å². The second-order valence-electron chi connectivity index (χ2n) is 4.94. The zero-order valence-corrected chi connectivity index (χ0v) is 13.1. The Morgan fingerprint density at radius 2 is 2.14 bits per heavy atom. The van der Waals surface area contributed by atoms with E-state index in [1.54, 1.807) is 17.8 Å². The predicted molar refractivity (Wildman–Crippen MR) is 87.1 cm³/mol. The largest absolute Gasteiger partial charge is 0.363 e. The van der Waals surface area contributed by atoms with E-state index in [0.29, 0.717) is 17.9 Å². The molecule has 112 valence electrons. The zero-order valence-electron chi connectivity index (χ0n) is 12.3. The Labute approximate surface area is 131 Å². The fraction of sp³-hybridized carbons (Fsp3) is 0.200. The standard InChI is InChI=1S/C15H15N5OS/c1-20(2)14-5-6-16-13(19-14)8-17-15(21)10-3-4-11-12(7-10)22-9-18-11/h3-7,9H,8H2,1-2H3,(H,17,21). The van der Waals surface area contributed by atoms with Crippen molar-refractivity contribution in [2.75, 3.05) is 19.0 Å². The van der Waals surface area contributed by atoms with Crippen LogP contribution in [0.4, 0.5) is 5.82 Å². The molecular weight excluding hydrogens is 298 g/mol. The average Bonchev–Trinajstić information content (AvgIpc) is 3.00. The molecule has 0 atom stereocenters. The van der Waals surface area contributed by atoms with Crippen LogP contribution in [0.15, 0.2) is 36.0 Å². The van der Waals surface area contributed by atoms with Crippen LogP contribution < -0.4 is 10.2 Å². The van der Waals surface area contributed by atoms with Crippen LogP contribution in [0.3, 0.4) is 0 Å². The van der Waals surface area contributed by atoms with Gasteiger partial charge in [-0.1, -0.05) is 0 Å². The number of thiazole rings is 1. The summed E-state index contributed by atoms with van der Waals surface area (Å²) in [5.74, 6) is 1.25. The smallest absolute Gasteiger partial charge is 0.251 e. The molecule has 0 saturated carbocycles. The molecule has 0 saturated heterocycles. The van der Waals surface area contributed by atoms with E-state index in [-0.39, 0.29) is 5.91 Å². The molecule has 0 aliphatic heterocycles. The Kier molecular flexibility index (Phi) is 3.97. The number of amides is 1. The lowest BCUT2D eigenvalue weighted by Crippen LogP contribution is -2.24. The van der Waals surface area contributed by atoms with Gasteiger partial charge in [-0.25, -0.2) is 15.0 Å². The number of fused-ring (bicyclic) bond motifs is 1. The molecular formula is C15H15N5OS. The zero-order chi connectivity index (χ0) is 15.5. The van der Waals surface area contributed by atoms with Gasteiger partial charge in [-0.05, 0) is 24.3 Å². The summed E-state index contributed by atoms with van der Waals surface area (Å²) < 4.78 is 0.999. The van der Waals surface area contributed by atoms with Crippen LogP contribution in [0.1, 0.15) is 16.2 Å². The molecule has 0 bridgehead atoms. The Balaban J connectivity index is 1.70. The van der Waals surface area contributed by atoms with Crippen molar-refractivity contribution in [3.8, 4) is 0 Å². The molecule has 0 fully saturated rings. The van der Waals surface area contributed by atoms with Gasteiger partial charge in [0.05, 0.1) is 22.3 Å². The van der Waals surface area contributed by atoms with Gasteiger partial charge < -0.3 is 10.2 Å². The summed E-state index contributed by atoms with van der Waals surface area (Å²) in [6.07, 6.45) is 1.69. The second-order valence-corrected chi connectivity index (χ2v) is 5.83. The first kappa shape index (κ1) is 14.4. The van der Waals surface area contributed by atoms with Gasteiger partial charge in [-0.15, -0.1) is 11.3 Å². The van der Waals surface area contributed by atoms with Crippen LogP contribution in [0.2, 0.25) is 0 Å². The molecule has 6 nitrogen and oxygen atoms in total. The van der Waals surface area contributed by atoms with Crippen LogP contribution in [-0.2, 0) is 6.54 Å². The van der Waals surface area contributed by atoms with Crippen LogP contribution >= 0.6 is 11.3 Å². The van der Waals surface area contributed by atoms with Gasteiger partial charge in [0, 0.05) is 25.9 Å². The first-order valence-corrected chi connectivity index (χ1v) is 7.62. The minimum Gasteiger partial charge on any atom is -0.363 e. The van der Waals surface area contributed by atoms with E-state index >= 15 is 0 Å². The molecule has 0 spiro atoms. The van der Waals surface area contributed by atoms with E-state index in [1.807, 2.05) is 37.2 Å². The van der Waals surface area contributed by atoms with E-state index in [1.165, 1.54) is 11.3 Å². The van der Waals surface area contributed by atoms with Crippen molar-refractivity contribution in [3.05, 3.63) is 47.4 Å². The van der Waals surface area contributed by atoms with Crippen LogP contribution in [0, 0.1) is 0 Å². The lowest BCUT2D eigenvalue weighted by molar-refractivity contribution is 0.0950. The van der Waals surface area contributed by atoms with E-state index in [4.69, 9.17) is 0 Å². The van der Waals surface area contributed by atoms with Crippen molar-refractivity contribution < 1.29 is 4.79 Å². The minimum absolute atomic E-state index is 0.144. The van der Waals surface area contributed by atoms with Gasteiger partial charge in [0.15, 0.2) is 0 Å². The van der Waals surface area contributed by atoms with E-state index in [9.17, 15) is 4.79 Å². The Morgan fingerprint density at radius 3 is 2.95 bits per heavy atom. The molecule has 22 heavy (non-hydrogen) atoms. The number of hydrogen-bond donors (Lipinski definition) is 1. The van der Waals surface area contributed by atoms with Gasteiger partial charge >= 0.3 is 0 Å². The van der Waals surface area contributed by atoms with Gasteiger partial charge in [0.25, 0.3) is 5.91 Å². The van der Waals surface area contributed by atoms with Crippen LogP contribution in [0.25, 0.3) is 10.2 Å². The molecule has 3 rings (SSSR count). The van der Waals surface area contributed by atoms with Crippen molar-refractivity contribution in [2.24, 2.45) is 0 Å². The molecule has 1 N–H and O–H groups in total. The molecule has 0 unspecified atom stereocenters. The Morgan fingerprint density at radius 1 is 1.27 bits per heavy atom. The van der Waals surface area contributed by atoms with Crippen molar-refractivity contribution >= 4 is 33.3 Å². The fourth-order valence-corrected chi connectivity index (χ4v) is 2.70. The molecule has 1 amide bonds. The summed E-state index contributed by atoms with van der Waals surface area (Å²) in [5.41, 5.74) is 3.29. The molecule has 7 heteroatoms. The molecule has 0 radical (unpaired) electrons. The molecule has 3 aromatic rings. The van der Waals surface area contributed by atoms with Crippen molar-refractivity contribution in [1.82, 2.24) is 20.3 Å². The molecule has 2 heterocycles. The van der Waals surface area contributed by atoms with Crippen molar-refractivity contribution in [1.29, 1.82) is 0 Å².